The summed E-state index contributed by atoms with van der Waals surface area (Å²) < 4.78 is 0. The molecule has 0 aromatic heterocycles. The Morgan fingerprint density at radius 1 is 1.15 bits per heavy atom. The van der Waals surface area contributed by atoms with E-state index in [0.717, 1.165) is 5.56 Å². The Balaban J connectivity index is 2.47. The highest BCUT2D eigenvalue weighted by Crippen LogP contribution is 2.35. The van der Waals surface area contributed by atoms with Crippen molar-refractivity contribution in [3.05, 3.63) is 69.7 Å². The van der Waals surface area contributed by atoms with E-state index in [1.807, 2.05) is 30.3 Å². The van der Waals surface area contributed by atoms with E-state index in [4.69, 9.17) is 23.2 Å². The Morgan fingerprint density at radius 3 is 2.35 bits per heavy atom. The quantitative estimate of drug-likeness (QED) is 0.897. The molecule has 1 unspecified atom stereocenters. The van der Waals surface area contributed by atoms with Gasteiger partial charge in [-0.2, -0.15) is 0 Å². The summed E-state index contributed by atoms with van der Waals surface area (Å²) >= 11 is 12.1. The van der Waals surface area contributed by atoms with Crippen LogP contribution < -0.4 is 0 Å². The van der Waals surface area contributed by atoms with E-state index in [1.54, 1.807) is 25.1 Å². The van der Waals surface area contributed by atoms with Crippen molar-refractivity contribution >= 4 is 29.2 Å². The van der Waals surface area contributed by atoms with E-state index in [9.17, 15) is 9.90 Å². The zero-order valence-electron chi connectivity index (χ0n) is 10.9. The zero-order valence-corrected chi connectivity index (χ0v) is 12.4. The summed E-state index contributed by atoms with van der Waals surface area (Å²) in [7, 11) is 0. The molecule has 0 saturated heterocycles. The third-order valence-corrected chi connectivity index (χ3v) is 3.95. The van der Waals surface area contributed by atoms with Gasteiger partial charge in [0.2, 0.25) is 0 Å². The monoisotopic (exact) mass is 308 g/mol. The van der Waals surface area contributed by atoms with Gasteiger partial charge in [-0.15, -0.1) is 0 Å². The molecule has 0 fully saturated rings. The number of carbonyl (C=O) groups is 1. The Labute approximate surface area is 128 Å². The average Bonchev–Trinajstić information content (AvgIpc) is 2.39. The van der Waals surface area contributed by atoms with Crippen LogP contribution in [0.25, 0.3) is 0 Å². The zero-order chi connectivity index (χ0) is 14.8. The Hall–Kier alpha value is -1.51. The lowest BCUT2D eigenvalue weighted by atomic mass is 9.77. The number of aliphatic carboxylic acids is 1. The maximum atomic E-state index is 11.8. The third-order valence-electron chi connectivity index (χ3n) is 3.40. The van der Waals surface area contributed by atoms with Crippen LogP contribution in [0.5, 0.6) is 0 Å². The SMILES string of the molecule is CC(Cc1ccccc1)(C(=O)O)c1ccc(Cl)cc1Cl. The van der Waals surface area contributed by atoms with Crippen molar-refractivity contribution < 1.29 is 9.90 Å². The van der Waals surface area contributed by atoms with E-state index in [1.165, 1.54) is 0 Å². The molecule has 0 bridgehead atoms. The van der Waals surface area contributed by atoms with E-state index < -0.39 is 11.4 Å². The molecular formula is C16H14Cl2O2. The molecule has 0 aliphatic rings. The summed E-state index contributed by atoms with van der Waals surface area (Å²) in [5, 5.41) is 10.5. The molecule has 2 nitrogen and oxygen atoms in total. The number of hydrogen-bond donors (Lipinski definition) is 1. The highest BCUT2D eigenvalue weighted by Gasteiger charge is 2.37. The van der Waals surface area contributed by atoms with Gasteiger partial charge in [-0.25, -0.2) is 0 Å². The molecule has 104 valence electrons. The van der Waals surface area contributed by atoms with Gasteiger partial charge in [-0.1, -0.05) is 59.6 Å². The average molecular weight is 309 g/mol. The molecule has 0 aliphatic heterocycles. The number of hydrogen-bond acceptors (Lipinski definition) is 1. The van der Waals surface area contributed by atoms with Gasteiger partial charge in [0.25, 0.3) is 0 Å². The number of rotatable bonds is 4. The van der Waals surface area contributed by atoms with Crippen LogP contribution in [0.3, 0.4) is 0 Å². The maximum Gasteiger partial charge on any atom is 0.314 e. The lowest BCUT2D eigenvalue weighted by molar-refractivity contribution is -0.143. The standard InChI is InChI=1S/C16H14Cl2O2/c1-16(15(19)20,10-11-5-3-2-4-6-11)13-8-7-12(17)9-14(13)18/h2-9H,10H2,1H3,(H,19,20). The van der Waals surface area contributed by atoms with Gasteiger partial charge < -0.3 is 5.11 Å². The molecule has 0 radical (unpaired) electrons. The van der Waals surface area contributed by atoms with Crippen LogP contribution in [-0.2, 0) is 16.6 Å². The Kier molecular flexibility index (Phi) is 4.36. The highest BCUT2D eigenvalue weighted by molar-refractivity contribution is 6.35. The smallest absolute Gasteiger partial charge is 0.314 e. The van der Waals surface area contributed by atoms with Crippen molar-refractivity contribution in [1.29, 1.82) is 0 Å². The Morgan fingerprint density at radius 2 is 1.80 bits per heavy atom. The predicted octanol–water partition coefficient (Wildman–Crippen LogP) is 4.58. The van der Waals surface area contributed by atoms with Gasteiger partial charge >= 0.3 is 5.97 Å². The van der Waals surface area contributed by atoms with E-state index in [2.05, 4.69) is 0 Å². The summed E-state index contributed by atoms with van der Waals surface area (Å²) in [6, 6.07) is 14.4. The molecule has 1 N–H and O–H groups in total. The van der Waals surface area contributed by atoms with Crippen LogP contribution in [0.15, 0.2) is 48.5 Å². The van der Waals surface area contributed by atoms with Crippen LogP contribution in [-0.4, -0.2) is 11.1 Å². The van der Waals surface area contributed by atoms with Gasteiger partial charge in [0.1, 0.15) is 0 Å². The Bertz CT molecular complexity index is 626. The van der Waals surface area contributed by atoms with E-state index in [0.29, 0.717) is 22.0 Å². The number of halogens is 2. The highest BCUT2D eigenvalue weighted by atomic mass is 35.5. The first-order valence-electron chi connectivity index (χ1n) is 6.16. The minimum Gasteiger partial charge on any atom is -0.481 e. The topological polar surface area (TPSA) is 37.3 Å². The fourth-order valence-corrected chi connectivity index (χ4v) is 2.84. The number of carboxylic acid groups (broad SMARTS) is 1. The molecule has 2 rings (SSSR count). The lowest BCUT2D eigenvalue weighted by Gasteiger charge is -2.26. The van der Waals surface area contributed by atoms with Crippen molar-refractivity contribution in [2.24, 2.45) is 0 Å². The largest absolute Gasteiger partial charge is 0.481 e. The predicted molar refractivity (Wildman–Crippen MR) is 81.6 cm³/mol. The number of carboxylic acids is 1. The fraction of sp³-hybridized carbons (Fsp3) is 0.188. The van der Waals surface area contributed by atoms with E-state index >= 15 is 0 Å². The van der Waals surface area contributed by atoms with Crippen molar-refractivity contribution in [3.63, 3.8) is 0 Å². The molecule has 0 aliphatic carbocycles. The summed E-state index contributed by atoms with van der Waals surface area (Å²) in [5.41, 5.74) is 0.423. The minimum atomic E-state index is -1.09. The summed E-state index contributed by atoms with van der Waals surface area (Å²) in [6.45, 7) is 1.68. The molecule has 2 aromatic carbocycles. The van der Waals surface area contributed by atoms with Gasteiger partial charge in [0.15, 0.2) is 0 Å². The van der Waals surface area contributed by atoms with E-state index in [-0.39, 0.29) is 0 Å². The van der Waals surface area contributed by atoms with Gasteiger partial charge in [-0.05, 0) is 36.6 Å². The molecule has 4 heteroatoms. The summed E-state index contributed by atoms with van der Waals surface area (Å²) in [5.74, 6) is -0.912. The van der Waals surface area contributed by atoms with Gasteiger partial charge in [-0.3, -0.25) is 4.79 Å². The first-order chi connectivity index (χ1) is 9.43. The first-order valence-corrected chi connectivity index (χ1v) is 6.92. The van der Waals surface area contributed by atoms with Crippen molar-refractivity contribution in [1.82, 2.24) is 0 Å². The normalized spacial score (nSPS) is 13.8. The molecule has 20 heavy (non-hydrogen) atoms. The number of benzene rings is 2. The van der Waals surface area contributed by atoms with Crippen LogP contribution in [0, 0.1) is 0 Å². The summed E-state index contributed by atoms with van der Waals surface area (Å²) in [6.07, 6.45) is 0.366. The second-order valence-corrected chi connectivity index (χ2v) is 5.77. The molecule has 0 heterocycles. The minimum absolute atomic E-state index is 0.366. The maximum absolute atomic E-state index is 11.8. The molecule has 2 aromatic rings. The second-order valence-electron chi connectivity index (χ2n) is 4.92. The van der Waals surface area contributed by atoms with Crippen molar-refractivity contribution in [2.45, 2.75) is 18.8 Å². The first kappa shape index (κ1) is 14.9. The van der Waals surface area contributed by atoms with Gasteiger partial charge in [0.05, 0.1) is 5.41 Å². The van der Waals surface area contributed by atoms with Crippen LogP contribution in [0.2, 0.25) is 10.0 Å². The second kappa shape index (κ2) is 5.86. The lowest BCUT2D eigenvalue weighted by Crippen LogP contribution is -2.35. The molecule has 1 atom stereocenters. The van der Waals surface area contributed by atoms with Crippen LogP contribution in [0.4, 0.5) is 0 Å². The van der Waals surface area contributed by atoms with Crippen LogP contribution >= 0.6 is 23.2 Å². The molecular weight excluding hydrogens is 295 g/mol. The van der Waals surface area contributed by atoms with Crippen LogP contribution in [0.1, 0.15) is 18.1 Å². The summed E-state index contributed by atoms with van der Waals surface area (Å²) in [4.78, 5) is 11.8. The molecule has 0 amide bonds. The van der Waals surface area contributed by atoms with Crippen molar-refractivity contribution in [3.8, 4) is 0 Å². The molecule has 0 spiro atoms. The third kappa shape index (κ3) is 2.97. The molecule has 0 saturated carbocycles. The van der Waals surface area contributed by atoms with Gasteiger partial charge in [0, 0.05) is 10.0 Å². The fourth-order valence-electron chi connectivity index (χ4n) is 2.23. The van der Waals surface area contributed by atoms with Crippen molar-refractivity contribution in [2.75, 3.05) is 0 Å².